The van der Waals surface area contributed by atoms with Crippen LogP contribution in [0, 0.1) is 0 Å². The van der Waals surface area contributed by atoms with Crippen LogP contribution in [0.3, 0.4) is 0 Å². The molecule has 0 saturated carbocycles. The summed E-state index contributed by atoms with van der Waals surface area (Å²) < 4.78 is 1.67. The van der Waals surface area contributed by atoms with E-state index in [9.17, 15) is 0 Å². The maximum atomic E-state index is 6.18. The highest BCUT2D eigenvalue weighted by Gasteiger charge is 2.13. The second-order valence-corrected chi connectivity index (χ2v) is 6.82. The topological polar surface area (TPSA) is 29.9 Å². The quantitative estimate of drug-likeness (QED) is 0.881. The average Bonchev–Trinajstić information content (AvgIpc) is 2.72. The van der Waals surface area contributed by atoms with Gasteiger partial charge >= 0.3 is 0 Å². The van der Waals surface area contributed by atoms with Gasteiger partial charge in [0.2, 0.25) is 0 Å². The Morgan fingerprint density at radius 2 is 1.75 bits per heavy atom. The highest BCUT2D eigenvalue weighted by molar-refractivity contribution is 6.40. The van der Waals surface area contributed by atoms with E-state index in [1.807, 2.05) is 12.3 Å². The number of hydrogen-bond donors (Lipinski definition) is 1. The predicted molar refractivity (Wildman–Crippen MR) is 85.2 cm³/mol. The lowest BCUT2D eigenvalue weighted by molar-refractivity contribution is 0.420. The fourth-order valence-corrected chi connectivity index (χ4v) is 2.68. The second-order valence-electron chi connectivity index (χ2n) is 5.57. The van der Waals surface area contributed by atoms with Crippen molar-refractivity contribution < 1.29 is 0 Å². The van der Waals surface area contributed by atoms with Crippen molar-refractivity contribution in [3.8, 4) is 5.69 Å². The lowest BCUT2D eigenvalue weighted by Crippen LogP contribution is -2.35. The molecule has 3 nitrogen and oxygen atoms in total. The van der Waals surface area contributed by atoms with Crippen LogP contribution >= 0.6 is 34.8 Å². The summed E-state index contributed by atoms with van der Waals surface area (Å²) in [6.45, 7) is 7.00. The van der Waals surface area contributed by atoms with E-state index in [4.69, 9.17) is 34.8 Å². The lowest BCUT2D eigenvalue weighted by Gasteiger charge is -2.19. The van der Waals surface area contributed by atoms with Gasteiger partial charge in [-0.1, -0.05) is 34.8 Å². The molecule has 0 amide bonds. The van der Waals surface area contributed by atoms with Gasteiger partial charge in [0, 0.05) is 23.3 Å². The Morgan fingerprint density at radius 3 is 2.30 bits per heavy atom. The Bertz CT molecular complexity index is 591. The molecule has 0 atom stereocenters. The molecule has 0 aliphatic carbocycles. The van der Waals surface area contributed by atoms with Crippen LogP contribution in [0.5, 0.6) is 0 Å². The summed E-state index contributed by atoms with van der Waals surface area (Å²) in [5.74, 6) is 0. The number of hydrogen-bond acceptors (Lipinski definition) is 2. The third-order valence-corrected chi connectivity index (χ3v) is 3.45. The van der Waals surface area contributed by atoms with E-state index < -0.39 is 0 Å². The number of aromatic nitrogens is 2. The van der Waals surface area contributed by atoms with E-state index in [-0.39, 0.29) is 5.54 Å². The van der Waals surface area contributed by atoms with Gasteiger partial charge in [0.05, 0.1) is 15.7 Å². The monoisotopic (exact) mass is 331 g/mol. The maximum Gasteiger partial charge on any atom is 0.102 e. The van der Waals surface area contributed by atoms with Gasteiger partial charge in [-0.3, -0.25) is 0 Å². The number of nitrogens with zero attached hydrogens (tertiary/aromatic N) is 2. The Hall–Kier alpha value is -0.740. The minimum atomic E-state index is 0.0410. The molecule has 20 heavy (non-hydrogen) atoms. The van der Waals surface area contributed by atoms with Gasteiger partial charge in [-0.2, -0.15) is 5.10 Å². The summed E-state index contributed by atoms with van der Waals surface area (Å²) in [5, 5.41) is 9.31. The first-order chi connectivity index (χ1) is 9.26. The van der Waals surface area contributed by atoms with E-state index >= 15 is 0 Å². The van der Waals surface area contributed by atoms with E-state index in [0.717, 1.165) is 5.69 Å². The molecule has 2 aromatic rings. The maximum absolute atomic E-state index is 6.18. The molecule has 0 bridgehead atoms. The van der Waals surface area contributed by atoms with Crippen LogP contribution in [0.15, 0.2) is 24.4 Å². The van der Waals surface area contributed by atoms with Gasteiger partial charge in [-0.15, -0.1) is 0 Å². The molecule has 2 rings (SSSR count). The van der Waals surface area contributed by atoms with Crippen LogP contribution in [0.25, 0.3) is 5.69 Å². The molecular formula is C14H16Cl3N3. The minimum absolute atomic E-state index is 0.0410. The summed E-state index contributed by atoms with van der Waals surface area (Å²) in [5.41, 5.74) is 1.60. The number of rotatable bonds is 3. The summed E-state index contributed by atoms with van der Waals surface area (Å²) in [6.07, 6.45) is 1.83. The molecule has 0 saturated heterocycles. The number of nitrogens with one attached hydrogen (secondary N) is 1. The van der Waals surface area contributed by atoms with Crippen LogP contribution in [-0.2, 0) is 6.54 Å². The summed E-state index contributed by atoms with van der Waals surface area (Å²) in [7, 11) is 0. The van der Waals surface area contributed by atoms with Crippen molar-refractivity contribution in [3.63, 3.8) is 0 Å². The molecule has 1 heterocycles. The predicted octanol–water partition coefficient (Wildman–Crippen LogP) is 4.72. The van der Waals surface area contributed by atoms with Gasteiger partial charge < -0.3 is 5.32 Å². The molecule has 0 radical (unpaired) electrons. The van der Waals surface area contributed by atoms with Crippen molar-refractivity contribution in [1.82, 2.24) is 15.1 Å². The zero-order valence-corrected chi connectivity index (χ0v) is 13.8. The fourth-order valence-electron chi connectivity index (χ4n) is 1.69. The molecule has 6 heteroatoms. The Balaban J connectivity index is 2.25. The molecule has 0 aliphatic heterocycles. The smallest absolute Gasteiger partial charge is 0.102 e. The molecule has 1 aromatic heterocycles. The fraction of sp³-hybridized carbons (Fsp3) is 0.357. The van der Waals surface area contributed by atoms with Crippen molar-refractivity contribution in [1.29, 1.82) is 0 Å². The minimum Gasteiger partial charge on any atom is -0.306 e. The van der Waals surface area contributed by atoms with Crippen LogP contribution in [0.4, 0.5) is 0 Å². The third kappa shape index (κ3) is 3.89. The van der Waals surface area contributed by atoms with Crippen molar-refractivity contribution in [2.24, 2.45) is 0 Å². The van der Waals surface area contributed by atoms with E-state index in [1.165, 1.54) is 0 Å². The lowest BCUT2D eigenvalue weighted by atomic mass is 10.1. The van der Waals surface area contributed by atoms with E-state index in [1.54, 1.807) is 16.8 Å². The second kappa shape index (κ2) is 5.94. The highest BCUT2D eigenvalue weighted by Crippen LogP contribution is 2.31. The molecule has 108 valence electrons. The van der Waals surface area contributed by atoms with Crippen LogP contribution in [-0.4, -0.2) is 15.3 Å². The first-order valence-corrected chi connectivity index (χ1v) is 7.34. The van der Waals surface area contributed by atoms with Crippen molar-refractivity contribution in [2.45, 2.75) is 32.9 Å². The SMILES string of the molecule is CC(C)(C)NCc1ccn(-c2c(Cl)cc(Cl)cc2Cl)n1. The first-order valence-electron chi connectivity index (χ1n) is 6.21. The zero-order valence-electron chi connectivity index (χ0n) is 11.5. The van der Waals surface area contributed by atoms with E-state index in [2.05, 4.69) is 31.2 Å². The summed E-state index contributed by atoms with van der Waals surface area (Å²) in [6, 6.07) is 5.23. The normalized spacial score (nSPS) is 11.9. The Kier molecular flexibility index (Phi) is 4.65. The number of halogens is 3. The van der Waals surface area contributed by atoms with Crippen LogP contribution in [0.2, 0.25) is 15.1 Å². The molecule has 0 spiro atoms. The Morgan fingerprint density at radius 1 is 1.15 bits per heavy atom. The number of benzene rings is 1. The molecular weight excluding hydrogens is 317 g/mol. The first kappa shape index (κ1) is 15.6. The van der Waals surface area contributed by atoms with Gasteiger partial charge in [0.25, 0.3) is 0 Å². The highest BCUT2D eigenvalue weighted by atomic mass is 35.5. The Labute approximate surface area is 133 Å². The zero-order chi connectivity index (χ0) is 14.9. The van der Waals surface area contributed by atoms with Crippen LogP contribution in [0.1, 0.15) is 26.5 Å². The largest absolute Gasteiger partial charge is 0.306 e. The summed E-state index contributed by atoms with van der Waals surface area (Å²) >= 11 is 18.3. The van der Waals surface area contributed by atoms with Crippen molar-refractivity contribution >= 4 is 34.8 Å². The van der Waals surface area contributed by atoms with Gasteiger partial charge in [0.1, 0.15) is 5.69 Å². The van der Waals surface area contributed by atoms with Gasteiger partial charge in [-0.05, 0) is 39.0 Å². The standard InChI is InChI=1S/C14H16Cl3N3/c1-14(2,3)18-8-10-4-5-20(19-10)13-11(16)6-9(15)7-12(13)17/h4-7,18H,8H2,1-3H3. The molecule has 1 N–H and O–H groups in total. The average molecular weight is 333 g/mol. The van der Waals surface area contributed by atoms with Gasteiger partial charge in [0.15, 0.2) is 0 Å². The molecule has 0 aliphatic rings. The molecule has 0 fully saturated rings. The van der Waals surface area contributed by atoms with Crippen molar-refractivity contribution in [2.75, 3.05) is 0 Å². The van der Waals surface area contributed by atoms with E-state index in [0.29, 0.717) is 27.3 Å². The van der Waals surface area contributed by atoms with Crippen LogP contribution < -0.4 is 5.32 Å². The molecule has 1 aromatic carbocycles. The van der Waals surface area contributed by atoms with Gasteiger partial charge in [-0.25, -0.2) is 4.68 Å². The van der Waals surface area contributed by atoms with Crippen molar-refractivity contribution in [3.05, 3.63) is 45.2 Å². The summed E-state index contributed by atoms with van der Waals surface area (Å²) in [4.78, 5) is 0. The molecule has 0 unspecified atom stereocenters. The third-order valence-electron chi connectivity index (χ3n) is 2.65.